The van der Waals surface area contributed by atoms with Gasteiger partial charge in [0.1, 0.15) is 11.1 Å². The molecule has 0 aromatic heterocycles. The monoisotopic (exact) mass is 301 g/mol. The average Bonchev–Trinajstić information content (AvgIpc) is 2.81. The molecule has 5 nitrogen and oxygen atoms in total. The van der Waals surface area contributed by atoms with E-state index in [1.54, 1.807) is 4.90 Å². The van der Waals surface area contributed by atoms with E-state index in [0.29, 0.717) is 6.54 Å². The van der Waals surface area contributed by atoms with E-state index in [1.165, 1.54) is 0 Å². The van der Waals surface area contributed by atoms with Gasteiger partial charge in [-0.05, 0) is 53.2 Å². The SMILES string of the molecule is CC(C)(C#N)Nc1cccc2c1CCN2C(=O)OC(C)(C)C. The molecular weight excluding hydrogens is 278 g/mol. The lowest BCUT2D eigenvalue weighted by molar-refractivity contribution is 0.0584. The molecule has 0 atom stereocenters. The number of ether oxygens (including phenoxy) is 1. The lowest BCUT2D eigenvalue weighted by Gasteiger charge is -2.25. The zero-order valence-electron chi connectivity index (χ0n) is 13.9. The van der Waals surface area contributed by atoms with Crippen LogP contribution < -0.4 is 10.2 Å². The highest BCUT2D eigenvalue weighted by Crippen LogP contribution is 2.35. The van der Waals surface area contributed by atoms with Crippen molar-refractivity contribution in [2.24, 2.45) is 0 Å². The minimum absolute atomic E-state index is 0.331. The first-order valence-corrected chi connectivity index (χ1v) is 7.45. The molecular formula is C17H23N3O2. The fraction of sp³-hybridized carbons (Fsp3) is 0.529. The van der Waals surface area contributed by atoms with Crippen LogP contribution in [0.25, 0.3) is 0 Å². The summed E-state index contributed by atoms with van der Waals surface area (Å²) in [6, 6.07) is 7.97. The molecule has 1 aromatic rings. The standard InChI is InChI=1S/C17H23N3O2/c1-16(2,3)22-15(21)20-10-9-12-13(7-6-8-14(12)20)19-17(4,5)11-18/h6-8,19H,9-10H2,1-5H3. The van der Waals surface area contributed by atoms with Crippen LogP contribution in [0.2, 0.25) is 0 Å². The fourth-order valence-electron chi connectivity index (χ4n) is 2.42. The third-order valence-corrected chi connectivity index (χ3v) is 3.37. The van der Waals surface area contributed by atoms with Gasteiger partial charge < -0.3 is 10.1 Å². The highest BCUT2D eigenvalue weighted by Gasteiger charge is 2.31. The smallest absolute Gasteiger partial charge is 0.414 e. The van der Waals surface area contributed by atoms with E-state index >= 15 is 0 Å². The normalized spacial score (nSPS) is 14.3. The molecule has 0 bridgehead atoms. The number of hydrogen-bond acceptors (Lipinski definition) is 4. The number of rotatable bonds is 2. The van der Waals surface area contributed by atoms with E-state index in [9.17, 15) is 10.1 Å². The van der Waals surface area contributed by atoms with Crippen LogP contribution in [0.15, 0.2) is 18.2 Å². The minimum Gasteiger partial charge on any atom is -0.443 e. The van der Waals surface area contributed by atoms with E-state index in [-0.39, 0.29) is 6.09 Å². The van der Waals surface area contributed by atoms with Crippen LogP contribution in [0.5, 0.6) is 0 Å². The van der Waals surface area contributed by atoms with Crippen molar-refractivity contribution >= 4 is 17.5 Å². The molecule has 1 amide bonds. The molecule has 0 saturated heterocycles. The first-order valence-electron chi connectivity index (χ1n) is 7.45. The van der Waals surface area contributed by atoms with Crippen LogP contribution in [-0.4, -0.2) is 23.8 Å². The largest absolute Gasteiger partial charge is 0.443 e. The summed E-state index contributed by atoms with van der Waals surface area (Å²) in [6.07, 6.45) is 0.419. The fourth-order valence-corrected chi connectivity index (χ4v) is 2.42. The molecule has 5 heteroatoms. The summed E-state index contributed by atoms with van der Waals surface area (Å²) in [6.45, 7) is 9.82. The predicted molar refractivity (Wildman–Crippen MR) is 87.0 cm³/mol. The average molecular weight is 301 g/mol. The molecule has 0 fully saturated rings. The molecule has 0 unspecified atom stereocenters. The molecule has 2 rings (SSSR count). The van der Waals surface area contributed by atoms with E-state index in [2.05, 4.69) is 11.4 Å². The van der Waals surface area contributed by atoms with Gasteiger partial charge in [-0.3, -0.25) is 4.90 Å². The van der Waals surface area contributed by atoms with E-state index in [1.807, 2.05) is 52.8 Å². The summed E-state index contributed by atoms with van der Waals surface area (Å²) in [4.78, 5) is 14.0. The van der Waals surface area contributed by atoms with Gasteiger partial charge in [0.25, 0.3) is 0 Å². The number of anilines is 2. The van der Waals surface area contributed by atoms with Gasteiger partial charge in [0, 0.05) is 17.8 Å². The Morgan fingerprint density at radius 1 is 1.32 bits per heavy atom. The maximum atomic E-state index is 12.3. The molecule has 0 saturated carbocycles. The number of carbonyl (C=O) groups excluding carboxylic acids is 1. The zero-order chi connectivity index (χ0) is 16.5. The van der Waals surface area contributed by atoms with Crippen LogP contribution >= 0.6 is 0 Å². The number of amides is 1. The number of benzene rings is 1. The lowest BCUT2D eigenvalue weighted by Crippen LogP contribution is -2.35. The van der Waals surface area contributed by atoms with Gasteiger partial charge in [0.2, 0.25) is 0 Å². The Bertz CT molecular complexity index is 624. The highest BCUT2D eigenvalue weighted by atomic mass is 16.6. The summed E-state index contributed by atoms with van der Waals surface area (Å²) in [5, 5.41) is 12.4. The van der Waals surface area contributed by atoms with Gasteiger partial charge in [-0.2, -0.15) is 5.26 Å². The van der Waals surface area contributed by atoms with Gasteiger partial charge >= 0.3 is 6.09 Å². The summed E-state index contributed by atoms with van der Waals surface area (Å²) in [7, 11) is 0. The van der Waals surface area contributed by atoms with Crippen molar-refractivity contribution < 1.29 is 9.53 Å². The van der Waals surface area contributed by atoms with Gasteiger partial charge in [-0.15, -0.1) is 0 Å². The second-order valence-corrected chi connectivity index (χ2v) is 7.05. The third-order valence-electron chi connectivity index (χ3n) is 3.37. The molecule has 0 aliphatic carbocycles. The maximum Gasteiger partial charge on any atom is 0.414 e. The summed E-state index contributed by atoms with van der Waals surface area (Å²) < 4.78 is 5.45. The predicted octanol–water partition coefficient (Wildman–Crippen LogP) is 3.70. The number of hydrogen-bond donors (Lipinski definition) is 1. The van der Waals surface area contributed by atoms with Crippen molar-refractivity contribution in [1.82, 2.24) is 0 Å². The van der Waals surface area contributed by atoms with E-state index < -0.39 is 11.1 Å². The second-order valence-electron chi connectivity index (χ2n) is 7.05. The van der Waals surface area contributed by atoms with Crippen molar-refractivity contribution in [2.75, 3.05) is 16.8 Å². The Morgan fingerprint density at radius 3 is 2.59 bits per heavy atom. The van der Waals surface area contributed by atoms with Crippen molar-refractivity contribution in [3.63, 3.8) is 0 Å². The number of fused-ring (bicyclic) bond motifs is 1. The highest BCUT2D eigenvalue weighted by molar-refractivity contribution is 5.92. The van der Waals surface area contributed by atoms with E-state index in [4.69, 9.17) is 4.74 Å². The number of nitriles is 1. The third kappa shape index (κ3) is 3.51. The van der Waals surface area contributed by atoms with Crippen LogP contribution in [0.4, 0.5) is 16.2 Å². The molecule has 0 spiro atoms. The van der Waals surface area contributed by atoms with Gasteiger partial charge in [0.05, 0.1) is 11.8 Å². The number of carbonyl (C=O) groups is 1. The van der Waals surface area contributed by atoms with Crippen LogP contribution in [0.1, 0.15) is 40.2 Å². The molecule has 1 N–H and O–H groups in total. The molecule has 1 aliphatic rings. The summed E-state index contributed by atoms with van der Waals surface area (Å²) in [5.41, 5.74) is 1.63. The molecule has 1 heterocycles. The van der Waals surface area contributed by atoms with Gasteiger partial charge in [-0.25, -0.2) is 4.79 Å². The number of nitrogens with one attached hydrogen (secondary N) is 1. The zero-order valence-corrected chi connectivity index (χ0v) is 13.9. The van der Waals surface area contributed by atoms with Gasteiger partial charge in [-0.1, -0.05) is 6.07 Å². The van der Waals surface area contributed by atoms with Crippen LogP contribution in [0, 0.1) is 11.3 Å². The van der Waals surface area contributed by atoms with E-state index in [0.717, 1.165) is 23.4 Å². The summed E-state index contributed by atoms with van der Waals surface area (Å²) in [5.74, 6) is 0. The quantitative estimate of drug-likeness (QED) is 0.904. The number of nitrogens with zero attached hydrogens (tertiary/aromatic N) is 2. The molecule has 22 heavy (non-hydrogen) atoms. The molecule has 1 aliphatic heterocycles. The van der Waals surface area contributed by atoms with Crippen molar-refractivity contribution in [3.05, 3.63) is 23.8 Å². The van der Waals surface area contributed by atoms with Gasteiger partial charge in [0.15, 0.2) is 0 Å². The first kappa shape index (κ1) is 16.2. The lowest BCUT2D eigenvalue weighted by atomic mass is 10.0. The van der Waals surface area contributed by atoms with Crippen molar-refractivity contribution in [2.45, 2.75) is 52.2 Å². The molecule has 0 radical (unpaired) electrons. The Kier molecular flexibility index (Phi) is 4.06. The topological polar surface area (TPSA) is 65.4 Å². The molecule has 118 valence electrons. The van der Waals surface area contributed by atoms with Crippen molar-refractivity contribution in [1.29, 1.82) is 5.26 Å². The Hall–Kier alpha value is -2.22. The first-order chi connectivity index (χ1) is 10.1. The maximum absolute atomic E-state index is 12.3. The van der Waals surface area contributed by atoms with Crippen molar-refractivity contribution in [3.8, 4) is 6.07 Å². The molecule has 1 aromatic carbocycles. The Balaban J connectivity index is 2.27. The second kappa shape index (κ2) is 5.53. The Morgan fingerprint density at radius 2 is 2.00 bits per heavy atom. The Labute approximate surface area is 131 Å². The van der Waals surface area contributed by atoms with Crippen LogP contribution in [-0.2, 0) is 11.2 Å². The summed E-state index contributed by atoms with van der Waals surface area (Å²) >= 11 is 0. The van der Waals surface area contributed by atoms with Crippen LogP contribution in [0.3, 0.4) is 0 Å². The minimum atomic E-state index is -0.658.